The molecule has 1 unspecified atom stereocenters. The van der Waals surface area contributed by atoms with E-state index in [4.69, 9.17) is 0 Å². The lowest BCUT2D eigenvalue weighted by Crippen LogP contribution is -2.51. The second-order valence-corrected chi connectivity index (χ2v) is 7.69. The number of hydrogen-bond acceptors (Lipinski definition) is 3. The van der Waals surface area contributed by atoms with Crippen LogP contribution in [-0.2, 0) is 0 Å². The number of hydrogen-bond donors (Lipinski definition) is 1. The van der Waals surface area contributed by atoms with Crippen LogP contribution in [0, 0.1) is 5.41 Å². The van der Waals surface area contributed by atoms with Crippen LogP contribution in [0.4, 0.5) is 0 Å². The van der Waals surface area contributed by atoms with Gasteiger partial charge in [0.05, 0.1) is 0 Å². The van der Waals surface area contributed by atoms with Crippen molar-refractivity contribution in [1.82, 2.24) is 9.80 Å². The van der Waals surface area contributed by atoms with Crippen molar-refractivity contribution in [3.63, 3.8) is 0 Å². The minimum Gasteiger partial charge on any atom is -0.396 e. The Hall–Kier alpha value is -0.380. The molecule has 2 aliphatic rings. The van der Waals surface area contributed by atoms with Gasteiger partial charge in [0.15, 0.2) is 0 Å². The molecule has 0 spiro atoms. The largest absolute Gasteiger partial charge is 0.396 e. The highest BCUT2D eigenvalue weighted by atomic mass is 16.3. The first-order chi connectivity index (χ1) is 9.94. The number of aliphatic hydroxyl groups excluding tert-OH is 1. The van der Waals surface area contributed by atoms with E-state index < -0.39 is 0 Å². The van der Waals surface area contributed by atoms with Gasteiger partial charge in [-0.3, -0.25) is 0 Å². The molecular weight excluding hydrogens is 260 g/mol. The molecule has 1 saturated heterocycles. The highest BCUT2D eigenvalue weighted by Gasteiger charge is 2.29. The molecule has 1 N–H and O–H groups in total. The fourth-order valence-electron chi connectivity index (χ4n) is 4.17. The topological polar surface area (TPSA) is 26.7 Å². The van der Waals surface area contributed by atoms with Crippen molar-refractivity contribution in [3.05, 3.63) is 11.1 Å². The summed E-state index contributed by atoms with van der Waals surface area (Å²) in [6.45, 7) is 12.1. The molecule has 1 heterocycles. The zero-order valence-electron chi connectivity index (χ0n) is 14.5. The lowest BCUT2D eigenvalue weighted by molar-refractivity contribution is 0.0783. The van der Waals surface area contributed by atoms with E-state index in [-0.39, 0.29) is 0 Å². The molecule has 3 heteroatoms. The van der Waals surface area contributed by atoms with Gasteiger partial charge in [0.2, 0.25) is 0 Å². The van der Waals surface area contributed by atoms with E-state index in [0.29, 0.717) is 18.1 Å². The average Bonchev–Trinajstić information content (AvgIpc) is 2.41. The summed E-state index contributed by atoms with van der Waals surface area (Å²) >= 11 is 0. The standard InChI is InChI=1S/C18H34N2O/c1-15-6-5-9-18(2,3)17(15)7-10-20-12-11-19(4)16(14-20)8-13-21/h16,21H,5-14H2,1-4H3. The van der Waals surface area contributed by atoms with E-state index in [1.165, 1.54) is 38.8 Å². The highest BCUT2D eigenvalue weighted by molar-refractivity contribution is 5.22. The molecule has 122 valence electrons. The third kappa shape index (κ3) is 4.30. The quantitative estimate of drug-likeness (QED) is 0.790. The Bertz CT molecular complexity index is 375. The summed E-state index contributed by atoms with van der Waals surface area (Å²) in [4.78, 5) is 5.01. The molecule has 3 nitrogen and oxygen atoms in total. The molecular formula is C18H34N2O. The van der Waals surface area contributed by atoms with Crippen LogP contribution in [0.3, 0.4) is 0 Å². The number of rotatable bonds is 5. The Labute approximate surface area is 131 Å². The second-order valence-electron chi connectivity index (χ2n) is 7.69. The third-order valence-electron chi connectivity index (χ3n) is 5.69. The minimum absolute atomic E-state index is 0.306. The van der Waals surface area contributed by atoms with Gasteiger partial charge in [-0.15, -0.1) is 0 Å². The number of aliphatic hydroxyl groups is 1. The van der Waals surface area contributed by atoms with Crippen LogP contribution in [0.5, 0.6) is 0 Å². The SMILES string of the molecule is CC1=C(CCN2CCN(C)C(CCO)C2)C(C)(C)CCC1. The van der Waals surface area contributed by atoms with Gasteiger partial charge in [0.1, 0.15) is 0 Å². The molecule has 0 bridgehead atoms. The molecule has 0 aromatic carbocycles. The number of likely N-dealkylation sites (N-methyl/N-ethyl adjacent to an activating group) is 1. The monoisotopic (exact) mass is 294 g/mol. The summed E-state index contributed by atoms with van der Waals surface area (Å²) < 4.78 is 0. The van der Waals surface area contributed by atoms with Crippen LogP contribution in [0.15, 0.2) is 11.1 Å². The minimum atomic E-state index is 0.306. The van der Waals surface area contributed by atoms with Gasteiger partial charge in [0.25, 0.3) is 0 Å². The fourth-order valence-corrected chi connectivity index (χ4v) is 4.17. The maximum Gasteiger partial charge on any atom is 0.0446 e. The van der Waals surface area contributed by atoms with Crippen LogP contribution in [0.25, 0.3) is 0 Å². The zero-order valence-corrected chi connectivity index (χ0v) is 14.5. The maximum atomic E-state index is 9.21. The summed E-state index contributed by atoms with van der Waals surface area (Å²) in [5, 5.41) is 9.21. The van der Waals surface area contributed by atoms with Crippen molar-refractivity contribution < 1.29 is 5.11 Å². The highest BCUT2D eigenvalue weighted by Crippen LogP contribution is 2.41. The maximum absolute atomic E-state index is 9.21. The summed E-state index contributed by atoms with van der Waals surface area (Å²) in [6.07, 6.45) is 6.13. The van der Waals surface area contributed by atoms with Crippen LogP contribution < -0.4 is 0 Å². The molecule has 1 atom stereocenters. The zero-order chi connectivity index (χ0) is 15.5. The van der Waals surface area contributed by atoms with Gasteiger partial charge in [-0.25, -0.2) is 0 Å². The van der Waals surface area contributed by atoms with Gasteiger partial charge < -0.3 is 14.9 Å². The third-order valence-corrected chi connectivity index (χ3v) is 5.69. The second kappa shape index (κ2) is 7.26. The van der Waals surface area contributed by atoms with Gasteiger partial charge in [0, 0.05) is 38.8 Å². The van der Waals surface area contributed by atoms with Crippen LogP contribution in [0.2, 0.25) is 0 Å². The molecule has 0 aromatic heterocycles. The lowest BCUT2D eigenvalue weighted by atomic mass is 9.71. The van der Waals surface area contributed by atoms with Crippen molar-refractivity contribution in [2.45, 2.75) is 58.9 Å². The van der Waals surface area contributed by atoms with Gasteiger partial charge in [-0.05, 0) is 51.5 Å². The molecule has 2 rings (SSSR count). The predicted octanol–water partition coefficient (Wildman–Crippen LogP) is 2.90. The van der Waals surface area contributed by atoms with Crippen molar-refractivity contribution in [3.8, 4) is 0 Å². The molecule has 0 radical (unpaired) electrons. The smallest absolute Gasteiger partial charge is 0.0446 e. The molecule has 0 amide bonds. The molecule has 1 fully saturated rings. The van der Waals surface area contributed by atoms with Crippen molar-refractivity contribution in [2.24, 2.45) is 5.41 Å². The van der Waals surface area contributed by atoms with Gasteiger partial charge >= 0.3 is 0 Å². The molecule has 0 saturated carbocycles. The van der Waals surface area contributed by atoms with Crippen molar-refractivity contribution >= 4 is 0 Å². The first-order valence-corrected chi connectivity index (χ1v) is 8.66. The van der Waals surface area contributed by atoms with E-state index in [1.54, 1.807) is 11.1 Å². The fraction of sp³-hybridized carbons (Fsp3) is 0.889. The van der Waals surface area contributed by atoms with Crippen molar-refractivity contribution in [2.75, 3.05) is 39.8 Å². The summed E-state index contributed by atoms with van der Waals surface area (Å²) in [5.74, 6) is 0. The first-order valence-electron chi connectivity index (χ1n) is 8.66. The normalized spacial score (nSPS) is 28.1. The Morgan fingerprint density at radius 2 is 2.05 bits per heavy atom. The average molecular weight is 294 g/mol. The molecule has 0 aromatic rings. The van der Waals surface area contributed by atoms with Crippen LogP contribution in [0.1, 0.15) is 52.9 Å². The summed E-state index contributed by atoms with van der Waals surface area (Å²) in [6, 6.07) is 0.526. The summed E-state index contributed by atoms with van der Waals surface area (Å²) in [5.41, 5.74) is 3.76. The number of nitrogens with zero attached hydrogens (tertiary/aromatic N) is 2. The molecule has 21 heavy (non-hydrogen) atoms. The number of piperazine rings is 1. The van der Waals surface area contributed by atoms with E-state index in [1.807, 2.05) is 0 Å². The van der Waals surface area contributed by atoms with E-state index in [9.17, 15) is 5.11 Å². The number of allylic oxidation sites excluding steroid dienone is 1. The summed E-state index contributed by atoms with van der Waals surface area (Å²) in [7, 11) is 2.19. The molecule has 1 aliphatic carbocycles. The van der Waals surface area contributed by atoms with E-state index >= 15 is 0 Å². The Kier molecular flexibility index (Phi) is 5.87. The van der Waals surface area contributed by atoms with Crippen LogP contribution in [-0.4, -0.2) is 60.8 Å². The van der Waals surface area contributed by atoms with Gasteiger partial charge in [-0.2, -0.15) is 0 Å². The van der Waals surface area contributed by atoms with Crippen molar-refractivity contribution in [1.29, 1.82) is 0 Å². The van der Waals surface area contributed by atoms with Crippen LogP contribution >= 0.6 is 0 Å². The predicted molar refractivity (Wildman–Crippen MR) is 89.5 cm³/mol. The van der Waals surface area contributed by atoms with E-state index in [0.717, 1.165) is 19.5 Å². The Morgan fingerprint density at radius 1 is 1.29 bits per heavy atom. The Morgan fingerprint density at radius 3 is 2.71 bits per heavy atom. The Balaban J connectivity index is 1.90. The molecule has 1 aliphatic heterocycles. The lowest BCUT2D eigenvalue weighted by Gasteiger charge is -2.41. The first kappa shape index (κ1) is 17.0. The van der Waals surface area contributed by atoms with E-state index in [2.05, 4.69) is 37.6 Å². The van der Waals surface area contributed by atoms with Gasteiger partial charge in [-0.1, -0.05) is 25.0 Å².